The molecule has 8 nitrogen and oxygen atoms in total. The molecule has 0 spiro atoms. The lowest BCUT2D eigenvalue weighted by Gasteiger charge is -2.34. The number of benzene rings is 2. The minimum absolute atomic E-state index is 0.0149. The molecule has 1 amide bonds. The molecule has 9 heteroatoms. The zero-order chi connectivity index (χ0) is 23.2. The van der Waals surface area contributed by atoms with Crippen molar-refractivity contribution in [3.63, 3.8) is 0 Å². The second-order valence-electron chi connectivity index (χ2n) is 7.70. The quantitative estimate of drug-likeness (QED) is 0.335. The summed E-state index contributed by atoms with van der Waals surface area (Å²) < 4.78 is 35.0. The summed E-state index contributed by atoms with van der Waals surface area (Å²) in [5, 5.41) is 9.12. The second kappa shape index (κ2) is 10.2. The Balaban J connectivity index is 1.65. The molecule has 32 heavy (non-hydrogen) atoms. The molecule has 0 bridgehead atoms. The van der Waals surface area contributed by atoms with Gasteiger partial charge in [0.1, 0.15) is 5.75 Å². The van der Waals surface area contributed by atoms with Crippen LogP contribution < -0.4 is 10.2 Å². The lowest BCUT2D eigenvalue weighted by Crippen LogP contribution is -2.54. The number of Topliss-reactive ketones (excluding diaryl/α,β-unsaturated/α-hetero) is 1. The van der Waals surface area contributed by atoms with Gasteiger partial charge in [0.2, 0.25) is 0 Å². The molecule has 0 aliphatic carbocycles. The van der Waals surface area contributed by atoms with E-state index < -0.39 is 20.5 Å². The summed E-state index contributed by atoms with van der Waals surface area (Å²) in [7, 11) is -2.48. The molecule has 2 aromatic carbocycles. The van der Waals surface area contributed by atoms with Crippen molar-refractivity contribution in [2.24, 2.45) is 0 Å². The van der Waals surface area contributed by atoms with Crippen molar-refractivity contribution in [3.8, 4) is 5.75 Å². The summed E-state index contributed by atoms with van der Waals surface area (Å²) >= 11 is 0. The first-order valence-electron chi connectivity index (χ1n) is 10.4. The van der Waals surface area contributed by atoms with Gasteiger partial charge in [0.05, 0.1) is 12.0 Å². The number of rotatable bonds is 9. The fourth-order valence-electron chi connectivity index (χ4n) is 3.86. The van der Waals surface area contributed by atoms with Crippen LogP contribution in [0.2, 0.25) is 0 Å². The van der Waals surface area contributed by atoms with Crippen LogP contribution in [-0.4, -0.2) is 50.4 Å². The number of ketones is 1. The van der Waals surface area contributed by atoms with E-state index in [-0.39, 0.29) is 36.7 Å². The predicted octanol–water partition coefficient (Wildman–Crippen LogP) is 2.73. The van der Waals surface area contributed by atoms with Crippen LogP contribution in [0.25, 0.3) is 0 Å². The van der Waals surface area contributed by atoms with Crippen molar-refractivity contribution in [2.45, 2.75) is 41.7 Å². The van der Waals surface area contributed by atoms with E-state index in [1.807, 2.05) is 0 Å². The number of methoxy groups -OCH3 is 1. The normalized spacial score (nSPS) is 15.7. The van der Waals surface area contributed by atoms with Crippen LogP contribution in [0.15, 0.2) is 53.4 Å². The Morgan fingerprint density at radius 1 is 1.06 bits per heavy atom. The van der Waals surface area contributed by atoms with E-state index in [0.29, 0.717) is 30.6 Å². The third-order valence-electron chi connectivity index (χ3n) is 5.85. The molecule has 0 aromatic heterocycles. The van der Waals surface area contributed by atoms with Crippen LogP contribution in [0, 0.1) is 0 Å². The van der Waals surface area contributed by atoms with E-state index in [9.17, 15) is 18.0 Å². The molecule has 2 N–H and O–H groups in total. The average Bonchev–Trinajstić information content (AvgIpc) is 2.84. The molecular formula is C23H27NO7S. The summed E-state index contributed by atoms with van der Waals surface area (Å²) in [5.41, 5.74) is 3.02. The Hall–Kier alpha value is -2.75. The molecule has 1 aliphatic rings. The molecule has 0 saturated carbocycles. The number of sulfone groups is 1. The van der Waals surface area contributed by atoms with E-state index in [1.165, 1.54) is 17.6 Å². The fraction of sp³-hybridized carbons (Fsp3) is 0.391. The molecule has 2 aromatic rings. The van der Waals surface area contributed by atoms with Crippen LogP contribution in [0.4, 0.5) is 0 Å². The van der Waals surface area contributed by atoms with Gasteiger partial charge in [-0.2, -0.15) is 0 Å². The highest BCUT2D eigenvalue weighted by atomic mass is 32.2. The molecule has 0 atom stereocenters. The zero-order valence-corrected chi connectivity index (χ0v) is 18.7. The minimum Gasteiger partial charge on any atom is -0.497 e. The first-order chi connectivity index (χ1) is 15.3. The summed E-state index contributed by atoms with van der Waals surface area (Å²) in [4.78, 5) is 24.6. The maximum atomic E-state index is 13.2. The van der Waals surface area contributed by atoms with Gasteiger partial charge in [0.25, 0.3) is 5.91 Å². The molecule has 3 rings (SSSR count). The van der Waals surface area contributed by atoms with Gasteiger partial charge in [-0.05, 0) is 67.6 Å². The van der Waals surface area contributed by atoms with Crippen molar-refractivity contribution in [2.75, 3.05) is 20.3 Å². The first kappa shape index (κ1) is 23.9. The Morgan fingerprint density at radius 3 is 2.25 bits per heavy atom. The van der Waals surface area contributed by atoms with Crippen molar-refractivity contribution < 1.29 is 32.7 Å². The van der Waals surface area contributed by atoms with Crippen LogP contribution in [0.3, 0.4) is 0 Å². The van der Waals surface area contributed by atoms with Gasteiger partial charge in [-0.25, -0.2) is 13.9 Å². The first-order valence-corrected chi connectivity index (χ1v) is 11.9. The van der Waals surface area contributed by atoms with Crippen molar-refractivity contribution in [1.29, 1.82) is 0 Å². The monoisotopic (exact) mass is 461 g/mol. The molecule has 0 radical (unpaired) electrons. The van der Waals surface area contributed by atoms with Crippen LogP contribution in [0.5, 0.6) is 5.75 Å². The number of carbonyl (C=O) groups is 2. The van der Waals surface area contributed by atoms with Crippen molar-refractivity contribution in [3.05, 3.63) is 59.7 Å². The summed E-state index contributed by atoms with van der Waals surface area (Å²) in [5.74, 6) is -0.221. The van der Waals surface area contributed by atoms with Gasteiger partial charge >= 0.3 is 0 Å². The number of nitrogens with one attached hydrogen (secondary N) is 1. The maximum Gasteiger partial charge on any atom is 0.265 e. The van der Waals surface area contributed by atoms with Gasteiger partial charge in [-0.1, -0.05) is 12.1 Å². The molecule has 172 valence electrons. The van der Waals surface area contributed by atoms with Crippen LogP contribution in [-0.2, 0) is 25.8 Å². The van der Waals surface area contributed by atoms with Crippen LogP contribution in [0.1, 0.15) is 41.6 Å². The van der Waals surface area contributed by atoms with Crippen molar-refractivity contribution >= 4 is 21.5 Å². The van der Waals surface area contributed by atoms with Gasteiger partial charge in [-0.3, -0.25) is 14.8 Å². The largest absolute Gasteiger partial charge is 0.497 e. The van der Waals surface area contributed by atoms with Gasteiger partial charge < -0.3 is 9.47 Å². The van der Waals surface area contributed by atoms with E-state index >= 15 is 0 Å². The molecule has 1 fully saturated rings. The Morgan fingerprint density at radius 2 is 1.69 bits per heavy atom. The molecule has 1 heterocycles. The smallest absolute Gasteiger partial charge is 0.265 e. The van der Waals surface area contributed by atoms with E-state index in [2.05, 4.69) is 0 Å². The summed E-state index contributed by atoms with van der Waals surface area (Å²) in [6, 6.07) is 13.3. The second-order valence-corrected chi connectivity index (χ2v) is 9.96. The minimum atomic E-state index is -4.04. The molecular weight excluding hydrogens is 434 g/mol. The Bertz CT molecular complexity index is 1040. The molecule has 1 saturated heterocycles. The lowest BCUT2D eigenvalue weighted by molar-refractivity contribution is -0.134. The van der Waals surface area contributed by atoms with E-state index in [1.54, 1.807) is 43.5 Å². The van der Waals surface area contributed by atoms with E-state index in [0.717, 1.165) is 5.56 Å². The van der Waals surface area contributed by atoms with Crippen molar-refractivity contribution in [1.82, 2.24) is 5.48 Å². The highest BCUT2D eigenvalue weighted by molar-refractivity contribution is 7.93. The molecule has 0 unspecified atom stereocenters. The molecule has 1 aliphatic heterocycles. The number of hydrogen-bond acceptors (Lipinski definition) is 7. The predicted molar refractivity (Wildman–Crippen MR) is 117 cm³/mol. The average molecular weight is 462 g/mol. The zero-order valence-electron chi connectivity index (χ0n) is 17.9. The number of aryl methyl sites for hydroxylation is 1. The van der Waals surface area contributed by atoms with Gasteiger partial charge in [-0.15, -0.1) is 0 Å². The summed E-state index contributed by atoms with van der Waals surface area (Å²) in [6.07, 6.45) is 1.53. The number of hydrogen-bond donors (Lipinski definition) is 2. The SMILES string of the molecule is COc1ccc(C(=O)CCCc2ccc(S(=O)(=O)C3(C(=O)NO)CCOCC3)cc2)cc1. The third-order valence-corrected chi connectivity index (χ3v) is 8.36. The Labute approximate surface area is 187 Å². The van der Waals surface area contributed by atoms with Gasteiger partial charge in [0.15, 0.2) is 20.4 Å². The number of carbonyl (C=O) groups excluding carboxylic acids is 2. The third kappa shape index (κ3) is 4.85. The summed E-state index contributed by atoms with van der Waals surface area (Å²) in [6.45, 7) is 0.236. The fourth-order valence-corrected chi connectivity index (χ4v) is 5.80. The highest BCUT2D eigenvalue weighted by Crippen LogP contribution is 2.35. The lowest BCUT2D eigenvalue weighted by atomic mass is 9.98. The number of hydroxylamine groups is 1. The number of ether oxygens (including phenoxy) is 2. The number of amides is 1. The standard InChI is InChI=1S/C23H27NO7S/c1-30-19-9-7-18(8-10-19)21(25)4-2-3-17-5-11-20(12-6-17)32(28,29)23(22(26)24-27)13-15-31-16-14-23/h5-12,27H,2-4,13-16H2,1H3,(H,24,26). The topological polar surface area (TPSA) is 119 Å². The highest BCUT2D eigenvalue weighted by Gasteiger charge is 2.52. The van der Waals surface area contributed by atoms with Gasteiger partial charge in [0, 0.05) is 25.2 Å². The van der Waals surface area contributed by atoms with Crippen LogP contribution >= 0.6 is 0 Å². The van der Waals surface area contributed by atoms with E-state index in [4.69, 9.17) is 14.7 Å². The maximum absolute atomic E-state index is 13.2. The Kier molecular flexibility index (Phi) is 7.65.